The van der Waals surface area contributed by atoms with Crippen LogP contribution in [0.1, 0.15) is 40.5 Å². The topological polar surface area (TPSA) is 88.5 Å². The maximum Gasteiger partial charge on any atom is 0.372 e. The molecule has 2 N–H and O–H groups in total. The fourth-order valence-corrected chi connectivity index (χ4v) is 1.73. The second kappa shape index (κ2) is 5.71. The van der Waals surface area contributed by atoms with E-state index in [0.717, 1.165) is 12.2 Å². The number of nitrogens with one attached hydrogen (secondary N) is 1. The van der Waals surface area contributed by atoms with Gasteiger partial charge < -0.3 is 19.3 Å². The van der Waals surface area contributed by atoms with E-state index in [-0.39, 0.29) is 5.76 Å². The van der Waals surface area contributed by atoms with Gasteiger partial charge in [0.15, 0.2) is 0 Å². The van der Waals surface area contributed by atoms with Crippen molar-refractivity contribution in [2.75, 3.05) is 0 Å². The van der Waals surface area contributed by atoms with E-state index in [1.54, 1.807) is 19.2 Å². The van der Waals surface area contributed by atoms with Gasteiger partial charge in [-0.25, -0.2) is 9.78 Å². The zero-order valence-corrected chi connectivity index (χ0v) is 10.9. The normalized spacial score (nSPS) is 10.8. The molecule has 2 aromatic rings. The van der Waals surface area contributed by atoms with E-state index in [2.05, 4.69) is 10.3 Å². The first-order valence-electron chi connectivity index (χ1n) is 6.07. The Morgan fingerprint density at radius 2 is 2.16 bits per heavy atom. The summed E-state index contributed by atoms with van der Waals surface area (Å²) in [6, 6.07) is 1.71. The number of rotatable bonds is 6. The molecule has 6 heteroatoms. The molecule has 0 fully saturated rings. The number of carbonyl (C=O) groups is 1. The molecular weight excluding hydrogens is 248 g/mol. The molecule has 0 radical (unpaired) electrons. The summed E-state index contributed by atoms with van der Waals surface area (Å²) in [7, 11) is 0. The minimum atomic E-state index is -1.05. The highest BCUT2D eigenvalue weighted by Gasteiger charge is 2.14. The number of furan rings is 1. The summed E-state index contributed by atoms with van der Waals surface area (Å²) in [6.07, 6.45) is 2.52. The molecule has 0 aliphatic heterocycles. The van der Waals surface area contributed by atoms with Gasteiger partial charge in [-0.15, -0.1) is 0 Å². The second-order valence-corrected chi connectivity index (χ2v) is 4.21. The molecular formula is C13H16N2O4. The molecule has 0 aliphatic carbocycles. The molecule has 2 heterocycles. The highest BCUT2D eigenvalue weighted by Crippen LogP contribution is 2.14. The van der Waals surface area contributed by atoms with Crippen molar-refractivity contribution in [1.29, 1.82) is 0 Å². The lowest BCUT2D eigenvalue weighted by atomic mass is 10.2. The van der Waals surface area contributed by atoms with E-state index in [0.29, 0.717) is 30.3 Å². The van der Waals surface area contributed by atoms with E-state index in [1.165, 1.54) is 0 Å². The van der Waals surface area contributed by atoms with Gasteiger partial charge in [-0.2, -0.15) is 0 Å². The quantitative estimate of drug-likeness (QED) is 0.830. The first kappa shape index (κ1) is 13.4. The Hall–Kier alpha value is -2.08. The number of nitrogens with zero attached hydrogens (tertiary/aromatic N) is 1. The van der Waals surface area contributed by atoms with Crippen LogP contribution in [0.4, 0.5) is 0 Å². The molecule has 0 aliphatic rings. The lowest BCUT2D eigenvalue weighted by Crippen LogP contribution is -2.12. The molecule has 0 amide bonds. The van der Waals surface area contributed by atoms with Crippen LogP contribution in [0, 0.1) is 6.92 Å². The minimum Gasteiger partial charge on any atom is -0.475 e. The molecule has 2 aromatic heterocycles. The molecule has 6 nitrogen and oxygen atoms in total. The number of oxazole rings is 1. The van der Waals surface area contributed by atoms with Crippen LogP contribution in [0.5, 0.6) is 0 Å². The molecule has 19 heavy (non-hydrogen) atoms. The molecule has 0 unspecified atom stereocenters. The van der Waals surface area contributed by atoms with Gasteiger partial charge in [0.25, 0.3) is 0 Å². The van der Waals surface area contributed by atoms with Crippen LogP contribution in [0.25, 0.3) is 0 Å². The molecule has 0 saturated heterocycles. The fraction of sp³-hybridized carbons (Fsp3) is 0.385. The average Bonchev–Trinajstić information content (AvgIpc) is 2.96. The Kier molecular flexibility index (Phi) is 4.01. The van der Waals surface area contributed by atoms with Gasteiger partial charge in [-0.05, 0) is 13.0 Å². The summed E-state index contributed by atoms with van der Waals surface area (Å²) in [5, 5.41) is 12.0. The predicted molar refractivity (Wildman–Crippen MR) is 66.8 cm³/mol. The summed E-state index contributed by atoms with van der Waals surface area (Å²) in [6.45, 7) is 4.61. The monoisotopic (exact) mass is 264 g/mol. The molecule has 102 valence electrons. The zero-order valence-electron chi connectivity index (χ0n) is 10.9. The Labute approximate surface area is 110 Å². The third-order valence-corrected chi connectivity index (χ3v) is 2.69. The minimum absolute atomic E-state index is 0.0128. The van der Waals surface area contributed by atoms with Crippen LogP contribution in [-0.2, 0) is 19.5 Å². The van der Waals surface area contributed by atoms with Gasteiger partial charge in [0.05, 0.1) is 19.3 Å². The highest BCUT2D eigenvalue weighted by molar-refractivity contribution is 5.86. The molecule has 0 bridgehead atoms. The van der Waals surface area contributed by atoms with Crippen molar-refractivity contribution in [3.8, 4) is 0 Å². The SMILES string of the molecule is CCc1cnc(CNCc2cc(C)c(C(=O)O)o2)o1. The summed E-state index contributed by atoms with van der Waals surface area (Å²) in [4.78, 5) is 14.9. The first-order valence-corrected chi connectivity index (χ1v) is 6.07. The maximum atomic E-state index is 10.8. The van der Waals surface area contributed by atoms with Gasteiger partial charge in [0.2, 0.25) is 11.7 Å². The van der Waals surface area contributed by atoms with Crippen molar-refractivity contribution in [1.82, 2.24) is 10.3 Å². The van der Waals surface area contributed by atoms with E-state index >= 15 is 0 Å². The van der Waals surface area contributed by atoms with E-state index in [9.17, 15) is 4.79 Å². The van der Waals surface area contributed by atoms with Gasteiger partial charge in [0, 0.05) is 12.0 Å². The van der Waals surface area contributed by atoms with Crippen molar-refractivity contribution < 1.29 is 18.7 Å². The van der Waals surface area contributed by atoms with Crippen molar-refractivity contribution in [2.45, 2.75) is 33.4 Å². The Morgan fingerprint density at radius 3 is 2.74 bits per heavy atom. The first-order chi connectivity index (χ1) is 9.10. The Bertz CT molecular complexity index is 571. The van der Waals surface area contributed by atoms with E-state index < -0.39 is 5.97 Å². The lowest BCUT2D eigenvalue weighted by molar-refractivity contribution is 0.0659. The van der Waals surface area contributed by atoms with Crippen LogP contribution in [-0.4, -0.2) is 16.1 Å². The number of hydrogen-bond acceptors (Lipinski definition) is 5. The lowest BCUT2D eigenvalue weighted by Gasteiger charge is -1.98. The number of hydrogen-bond donors (Lipinski definition) is 2. The molecule has 2 rings (SSSR count). The van der Waals surface area contributed by atoms with Crippen LogP contribution < -0.4 is 5.32 Å². The van der Waals surface area contributed by atoms with Crippen molar-refractivity contribution in [3.05, 3.63) is 41.0 Å². The van der Waals surface area contributed by atoms with Gasteiger partial charge in [-0.1, -0.05) is 6.92 Å². The largest absolute Gasteiger partial charge is 0.475 e. The van der Waals surface area contributed by atoms with Crippen LogP contribution in [0.2, 0.25) is 0 Å². The Balaban J connectivity index is 1.88. The zero-order chi connectivity index (χ0) is 13.8. The van der Waals surface area contributed by atoms with Crippen molar-refractivity contribution in [3.63, 3.8) is 0 Å². The predicted octanol–water partition coefficient (Wildman–Crippen LogP) is 2.13. The summed E-state index contributed by atoms with van der Waals surface area (Å²) in [5.41, 5.74) is 0.619. The second-order valence-electron chi connectivity index (χ2n) is 4.21. The van der Waals surface area contributed by atoms with E-state index in [1.807, 2.05) is 6.92 Å². The van der Waals surface area contributed by atoms with Crippen molar-refractivity contribution in [2.24, 2.45) is 0 Å². The summed E-state index contributed by atoms with van der Waals surface area (Å²) in [5.74, 6) is 0.972. The highest BCUT2D eigenvalue weighted by atomic mass is 16.4. The fourth-order valence-electron chi connectivity index (χ4n) is 1.73. The standard InChI is InChI=1S/C13H16N2O4/c1-3-9-6-15-11(18-9)7-14-5-10-4-8(2)12(19-10)13(16)17/h4,6,14H,3,5,7H2,1-2H3,(H,16,17). The summed E-state index contributed by atoms with van der Waals surface area (Å²) < 4.78 is 10.7. The number of carboxylic acid groups (broad SMARTS) is 1. The molecule has 0 atom stereocenters. The van der Waals surface area contributed by atoms with Gasteiger partial charge >= 0.3 is 5.97 Å². The third kappa shape index (κ3) is 3.23. The van der Waals surface area contributed by atoms with Crippen molar-refractivity contribution >= 4 is 5.97 Å². The summed E-state index contributed by atoms with van der Waals surface area (Å²) >= 11 is 0. The number of aromatic nitrogens is 1. The van der Waals surface area contributed by atoms with Crippen LogP contribution in [0.15, 0.2) is 21.1 Å². The number of carboxylic acids is 1. The maximum absolute atomic E-state index is 10.8. The average molecular weight is 264 g/mol. The van der Waals surface area contributed by atoms with Gasteiger partial charge in [0.1, 0.15) is 11.5 Å². The molecule has 0 saturated carbocycles. The molecule has 0 aromatic carbocycles. The van der Waals surface area contributed by atoms with Crippen LogP contribution in [0.3, 0.4) is 0 Å². The van der Waals surface area contributed by atoms with Gasteiger partial charge in [-0.3, -0.25) is 0 Å². The number of aromatic carboxylic acids is 1. The third-order valence-electron chi connectivity index (χ3n) is 2.69. The number of aryl methyl sites for hydroxylation is 2. The van der Waals surface area contributed by atoms with Crippen LogP contribution >= 0.6 is 0 Å². The smallest absolute Gasteiger partial charge is 0.372 e. The Morgan fingerprint density at radius 1 is 1.37 bits per heavy atom. The van der Waals surface area contributed by atoms with E-state index in [4.69, 9.17) is 13.9 Å². The molecule has 0 spiro atoms.